The van der Waals surface area contributed by atoms with Crippen molar-refractivity contribution in [1.29, 1.82) is 0 Å². The third kappa shape index (κ3) is 6.19. The molecule has 0 spiro atoms. The molecule has 134 valence electrons. The molecule has 4 atom stereocenters. The number of nitrogens with two attached hydrogens (primary N) is 1. The van der Waals surface area contributed by atoms with Crippen LogP contribution in [0.1, 0.15) is 90.4 Å². The molecule has 0 aromatic heterocycles. The number of fused-ring (bicyclic) bond motifs is 2. The molecule has 0 amide bonds. The lowest BCUT2D eigenvalue weighted by molar-refractivity contribution is -0.128. The van der Waals surface area contributed by atoms with E-state index < -0.39 is 0 Å². The minimum atomic E-state index is 0.109. The summed E-state index contributed by atoms with van der Waals surface area (Å²) in [5.41, 5.74) is 5.60. The molecule has 1 heterocycles. The lowest BCUT2D eigenvalue weighted by atomic mass is 9.81. The number of carbonyl (C=O) groups is 1. The van der Waals surface area contributed by atoms with E-state index >= 15 is 0 Å². The fourth-order valence-corrected chi connectivity index (χ4v) is 4.68. The van der Waals surface area contributed by atoms with Crippen LogP contribution in [-0.2, 0) is 4.79 Å². The smallest absolute Gasteiger partial charge is 0.152 e. The van der Waals surface area contributed by atoms with E-state index in [9.17, 15) is 4.79 Å². The van der Waals surface area contributed by atoms with Gasteiger partial charge in [-0.3, -0.25) is 4.79 Å². The van der Waals surface area contributed by atoms with Gasteiger partial charge < -0.3 is 11.1 Å². The van der Waals surface area contributed by atoms with Gasteiger partial charge in [0.2, 0.25) is 0 Å². The zero-order chi connectivity index (χ0) is 16.5. The summed E-state index contributed by atoms with van der Waals surface area (Å²) in [6.45, 7) is 3.05. The average Bonchev–Trinajstić information content (AvgIpc) is 2.58. The zero-order valence-electron chi connectivity index (χ0n) is 15.2. The molecule has 2 fully saturated rings. The van der Waals surface area contributed by atoms with Crippen LogP contribution in [0.2, 0.25) is 0 Å². The standard InChI is InChI=1S/C20H38N2O/c1-2-8-16-9-3-4-11-17-15-18(12-7-10-16)22-19(20(17)23)13-5-6-14-21/h16-19,22H,2-15,21H2,1H3. The first-order chi connectivity index (χ1) is 11.2. The molecule has 2 aliphatic rings. The highest BCUT2D eigenvalue weighted by Crippen LogP contribution is 2.30. The Balaban J connectivity index is 1.92. The van der Waals surface area contributed by atoms with Crippen molar-refractivity contribution in [3.05, 3.63) is 0 Å². The minimum Gasteiger partial charge on any atom is -0.330 e. The normalized spacial score (nSPS) is 33.2. The van der Waals surface area contributed by atoms with Gasteiger partial charge in [-0.2, -0.15) is 0 Å². The van der Waals surface area contributed by atoms with Crippen LogP contribution < -0.4 is 11.1 Å². The second-order valence-electron chi connectivity index (χ2n) is 7.91. The molecule has 3 nitrogen and oxygen atoms in total. The van der Waals surface area contributed by atoms with E-state index in [2.05, 4.69) is 12.2 Å². The van der Waals surface area contributed by atoms with E-state index in [4.69, 9.17) is 5.73 Å². The molecule has 2 bridgehead atoms. The molecule has 3 heteroatoms. The van der Waals surface area contributed by atoms with E-state index in [0.717, 1.165) is 44.6 Å². The Morgan fingerprint density at radius 3 is 2.61 bits per heavy atom. The Kier molecular flexibility index (Phi) is 8.60. The Morgan fingerprint density at radius 1 is 1.04 bits per heavy atom. The Bertz CT molecular complexity index is 345. The highest BCUT2D eigenvalue weighted by molar-refractivity contribution is 5.87. The number of rotatable bonds is 6. The number of unbranched alkanes of at least 4 members (excludes halogenated alkanes) is 1. The fourth-order valence-electron chi connectivity index (χ4n) is 4.68. The number of hydrogen-bond acceptors (Lipinski definition) is 3. The number of Topliss-reactive ketones (excluding diaryl/α,β-unsaturated/α-hetero) is 1. The number of hydrogen-bond donors (Lipinski definition) is 2. The van der Waals surface area contributed by atoms with Crippen molar-refractivity contribution in [3.63, 3.8) is 0 Å². The summed E-state index contributed by atoms with van der Waals surface area (Å²) in [5, 5.41) is 3.69. The summed E-state index contributed by atoms with van der Waals surface area (Å²) in [5.74, 6) is 1.75. The predicted molar refractivity (Wildman–Crippen MR) is 97.4 cm³/mol. The molecule has 0 radical (unpaired) electrons. The highest BCUT2D eigenvalue weighted by Gasteiger charge is 2.35. The first kappa shape index (κ1) is 18.9. The Labute approximate surface area is 143 Å². The zero-order valence-corrected chi connectivity index (χ0v) is 15.2. The van der Waals surface area contributed by atoms with Crippen LogP contribution in [0.3, 0.4) is 0 Å². The number of carbonyl (C=O) groups excluding carboxylic acids is 1. The van der Waals surface area contributed by atoms with Gasteiger partial charge in [-0.1, -0.05) is 58.3 Å². The maximum atomic E-state index is 12.8. The van der Waals surface area contributed by atoms with E-state index in [1.807, 2.05) is 0 Å². The second-order valence-corrected chi connectivity index (χ2v) is 7.91. The van der Waals surface area contributed by atoms with Crippen molar-refractivity contribution in [2.75, 3.05) is 6.54 Å². The maximum Gasteiger partial charge on any atom is 0.152 e. The quantitative estimate of drug-likeness (QED) is 0.721. The molecule has 4 unspecified atom stereocenters. The largest absolute Gasteiger partial charge is 0.330 e. The van der Waals surface area contributed by atoms with Crippen molar-refractivity contribution < 1.29 is 4.79 Å². The van der Waals surface area contributed by atoms with Crippen LogP contribution in [-0.4, -0.2) is 24.4 Å². The van der Waals surface area contributed by atoms with Crippen LogP contribution in [0.15, 0.2) is 0 Å². The van der Waals surface area contributed by atoms with Gasteiger partial charge in [0.15, 0.2) is 5.78 Å². The van der Waals surface area contributed by atoms with Crippen molar-refractivity contribution in [2.24, 2.45) is 17.6 Å². The van der Waals surface area contributed by atoms with Crippen molar-refractivity contribution in [2.45, 2.75) is 102 Å². The SMILES string of the molecule is CCCC1CCCCC2CC(CCC1)NC(CCCCN)C2=O. The van der Waals surface area contributed by atoms with Gasteiger partial charge in [-0.05, 0) is 44.6 Å². The highest BCUT2D eigenvalue weighted by atomic mass is 16.1. The fraction of sp³-hybridized carbons (Fsp3) is 0.950. The van der Waals surface area contributed by atoms with Gasteiger partial charge in [-0.15, -0.1) is 0 Å². The Hall–Kier alpha value is -0.410. The summed E-state index contributed by atoms with van der Waals surface area (Å²) in [6, 6.07) is 0.679. The van der Waals surface area contributed by atoms with Gasteiger partial charge in [0, 0.05) is 12.0 Å². The molecular formula is C20H38N2O. The monoisotopic (exact) mass is 322 g/mol. The number of nitrogens with one attached hydrogen (secondary N) is 1. The van der Waals surface area contributed by atoms with Crippen molar-refractivity contribution in [3.8, 4) is 0 Å². The first-order valence-corrected chi connectivity index (χ1v) is 10.2. The topological polar surface area (TPSA) is 55.1 Å². The van der Waals surface area contributed by atoms with Gasteiger partial charge in [0.25, 0.3) is 0 Å². The summed E-state index contributed by atoms with van der Waals surface area (Å²) in [7, 11) is 0. The van der Waals surface area contributed by atoms with Crippen LogP contribution in [0.4, 0.5) is 0 Å². The molecule has 0 aromatic rings. The molecule has 1 saturated heterocycles. The van der Waals surface area contributed by atoms with Crippen LogP contribution in [0.5, 0.6) is 0 Å². The molecule has 0 aromatic carbocycles. The minimum absolute atomic E-state index is 0.109. The third-order valence-corrected chi connectivity index (χ3v) is 5.98. The van der Waals surface area contributed by atoms with Crippen LogP contribution in [0.25, 0.3) is 0 Å². The molecular weight excluding hydrogens is 284 g/mol. The van der Waals surface area contributed by atoms with E-state index in [-0.39, 0.29) is 6.04 Å². The van der Waals surface area contributed by atoms with Crippen LogP contribution >= 0.6 is 0 Å². The summed E-state index contributed by atoms with van der Waals surface area (Å²) < 4.78 is 0. The third-order valence-electron chi connectivity index (χ3n) is 5.98. The molecule has 2 rings (SSSR count). The maximum absolute atomic E-state index is 12.8. The summed E-state index contributed by atoms with van der Waals surface area (Å²) in [6.07, 6.45) is 16.0. The first-order valence-electron chi connectivity index (χ1n) is 10.2. The summed E-state index contributed by atoms with van der Waals surface area (Å²) >= 11 is 0. The lowest BCUT2D eigenvalue weighted by Gasteiger charge is -2.35. The number of ketones is 1. The number of piperidine rings is 1. The molecule has 1 saturated carbocycles. The molecule has 1 aliphatic carbocycles. The van der Waals surface area contributed by atoms with E-state index in [1.165, 1.54) is 51.4 Å². The predicted octanol–water partition coefficient (Wildman–Crippen LogP) is 4.19. The summed E-state index contributed by atoms with van der Waals surface area (Å²) in [4.78, 5) is 12.8. The molecule has 3 N–H and O–H groups in total. The Morgan fingerprint density at radius 2 is 1.83 bits per heavy atom. The van der Waals surface area contributed by atoms with Crippen LogP contribution in [0, 0.1) is 11.8 Å². The van der Waals surface area contributed by atoms with Gasteiger partial charge in [0.05, 0.1) is 6.04 Å². The second kappa shape index (κ2) is 10.5. The molecule has 1 aliphatic heterocycles. The van der Waals surface area contributed by atoms with E-state index in [1.54, 1.807) is 0 Å². The lowest BCUT2D eigenvalue weighted by Crippen LogP contribution is -2.52. The average molecular weight is 323 g/mol. The van der Waals surface area contributed by atoms with Gasteiger partial charge >= 0.3 is 0 Å². The van der Waals surface area contributed by atoms with Crippen molar-refractivity contribution in [1.82, 2.24) is 5.32 Å². The molecule has 23 heavy (non-hydrogen) atoms. The van der Waals surface area contributed by atoms with E-state index in [0.29, 0.717) is 17.7 Å². The van der Waals surface area contributed by atoms with Gasteiger partial charge in [0.1, 0.15) is 0 Å². The van der Waals surface area contributed by atoms with Gasteiger partial charge in [-0.25, -0.2) is 0 Å². The van der Waals surface area contributed by atoms with Crippen molar-refractivity contribution >= 4 is 5.78 Å².